The quantitative estimate of drug-likeness (QED) is 0.836. The molecule has 0 aromatic heterocycles. The molecular formula is C15H18F3NO2. The molecule has 2 N–H and O–H groups in total. The number of aliphatic hydroxyl groups is 1. The second-order valence-electron chi connectivity index (χ2n) is 6.12. The Morgan fingerprint density at radius 2 is 1.81 bits per heavy atom. The summed E-state index contributed by atoms with van der Waals surface area (Å²) in [6.45, 7) is 2.58. The van der Waals surface area contributed by atoms with Crippen LogP contribution in [0.5, 0.6) is 0 Å². The lowest BCUT2D eigenvalue weighted by atomic mass is 9.77. The molecule has 2 aliphatic rings. The highest BCUT2D eigenvalue weighted by Gasteiger charge is 2.43. The van der Waals surface area contributed by atoms with E-state index >= 15 is 0 Å². The van der Waals surface area contributed by atoms with Crippen molar-refractivity contribution in [3.63, 3.8) is 0 Å². The number of nitrogens with one attached hydrogen (secondary N) is 1. The topological polar surface area (TPSA) is 41.5 Å². The normalized spacial score (nSPS) is 33.0. The molecule has 0 spiro atoms. The molecule has 2 heterocycles. The van der Waals surface area contributed by atoms with Crippen LogP contribution in [0.3, 0.4) is 0 Å². The van der Waals surface area contributed by atoms with E-state index in [0.717, 1.165) is 12.1 Å². The number of hydrogen-bond donors (Lipinski definition) is 2. The van der Waals surface area contributed by atoms with Gasteiger partial charge in [-0.2, -0.15) is 13.2 Å². The SMILES string of the molecule is Cc1cc(C(F)(F)F)cc(C2(O)CC3COCC(C2)N3)c1. The number of aryl methyl sites for hydroxylation is 1. The molecule has 2 bridgehead atoms. The third-order valence-corrected chi connectivity index (χ3v) is 4.22. The van der Waals surface area contributed by atoms with E-state index < -0.39 is 17.3 Å². The van der Waals surface area contributed by atoms with Gasteiger partial charge in [-0.15, -0.1) is 0 Å². The Morgan fingerprint density at radius 3 is 2.38 bits per heavy atom. The summed E-state index contributed by atoms with van der Waals surface area (Å²) in [5, 5.41) is 14.2. The van der Waals surface area contributed by atoms with Gasteiger partial charge in [0, 0.05) is 12.1 Å². The number of piperidine rings is 1. The predicted octanol–water partition coefficient (Wildman–Crippen LogP) is 2.35. The van der Waals surface area contributed by atoms with Crippen LogP contribution >= 0.6 is 0 Å². The van der Waals surface area contributed by atoms with E-state index in [1.807, 2.05) is 0 Å². The molecule has 2 unspecified atom stereocenters. The third-order valence-electron chi connectivity index (χ3n) is 4.22. The van der Waals surface area contributed by atoms with Gasteiger partial charge in [-0.25, -0.2) is 0 Å². The summed E-state index contributed by atoms with van der Waals surface area (Å²) in [7, 11) is 0. The average Bonchev–Trinajstić information content (AvgIpc) is 2.36. The Hall–Kier alpha value is -1.11. The summed E-state index contributed by atoms with van der Waals surface area (Å²) in [5.74, 6) is 0. The second-order valence-corrected chi connectivity index (χ2v) is 6.12. The van der Waals surface area contributed by atoms with Gasteiger partial charge < -0.3 is 15.2 Å². The minimum Gasteiger partial charge on any atom is -0.385 e. The standard InChI is InChI=1S/C15H18F3NO2/c1-9-2-10(4-11(3-9)15(16,17)18)14(20)5-12-7-21-8-13(6-14)19-12/h2-4,12-13,19-20H,5-8H2,1H3. The van der Waals surface area contributed by atoms with Crippen LogP contribution in [0, 0.1) is 6.92 Å². The van der Waals surface area contributed by atoms with Crippen LogP contribution < -0.4 is 5.32 Å². The summed E-state index contributed by atoms with van der Waals surface area (Å²) in [5.41, 5.74) is -1.07. The Bertz CT molecular complexity index is 532. The molecule has 6 heteroatoms. The highest BCUT2D eigenvalue weighted by Crippen LogP contribution is 2.39. The van der Waals surface area contributed by atoms with Crippen LogP contribution in [0.1, 0.15) is 29.5 Å². The second kappa shape index (κ2) is 4.97. The molecule has 3 nitrogen and oxygen atoms in total. The van der Waals surface area contributed by atoms with Crippen molar-refractivity contribution in [2.45, 2.75) is 43.6 Å². The maximum Gasteiger partial charge on any atom is 0.416 e. The van der Waals surface area contributed by atoms with Gasteiger partial charge in [0.1, 0.15) is 0 Å². The highest BCUT2D eigenvalue weighted by atomic mass is 19.4. The summed E-state index contributed by atoms with van der Waals surface area (Å²) in [4.78, 5) is 0. The van der Waals surface area contributed by atoms with Crippen LogP contribution in [0.15, 0.2) is 18.2 Å². The van der Waals surface area contributed by atoms with E-state index in [-0.39, 0.29) is 12.1 Å². The van der Waals surface area contributed by atoms with Crippen molar-refractivity contribution in [1.82, 2.24) is 5.32 Å². The third kappa shape index (κ3) is 2.93. The number of rotatable bonds is 1. The average molecular weight is 301 g/mol. The number of fused-ring (bicyclic) bond motifs is 2. The van der Waals surface area contributed by atoms with Crippen molar-refractivity contribution in [3.05, 3.63) is 34.9 Å². The molecule has 0 saturated carbocycles. The lowest BCUT2D eigenvalue weighted by Crippen LogP contribution is -2.58. The molecule has 2 atom stereocenters. The first kappa shape index (κ1) is 14.8. The Labute approximate surface area is 121 Å². The van der Waals surface area contributed by atoms with Crippen molar-refractivity contribution in [1.29, 1.82) is 0 Å². The van der Waals surface area contributed by atoms with Gasteiger partial charge in [0.15, 0.2) is 0 Å². The first-order valence-electron chi connectivity index (χ1n) is 7.02. The Morgan fingerprint density at radius 1 is 1.19 bits per heavy atom. The number of halogens is 3. The number of benzene rings is 1. The van der Waals surface area contributed by atoms with Crippen molar-refractivity contribution >= 4 is 0 Å². The fourth-order valence-electron chi connectivity index (χ4n) is 3.37. The van der Waals surface area contributed by atoms with Crippen LogP contribution in [-0.2, 0) is 16.5 Å². The van der Waals surface area contributed by atoms with Crippen LogP contribution in [0.2, 0.25) is 0 Å². The molecule has 0 amide bonds. The zero-order chi connectivity index (χ0) is 15.3. The van der Waals surface area contributed by atoms with Crippen LogP contribution in [0.4, 0.5) is 13.2 Å². The molecule has 1 aromatic carbocycles. The molecule has 2 aliphatic heterocycles. The molecular weight excluding hydrogens is 283 g/mol. The minimum absolute atomic E-state index is 0.0163. The lowest BCUT2D eigenvalue weighted by Gasteiger charge is -2.45. The van der Waals surface area contributed by atoms with Crippen molar-refractivity contribution < 1.29 is 23.0 Å². The maximum absolute atomic E-state index is 13.0. The predicted molar refractivity (Wildman–Crippen MR) is 70.8 cm³/mol. The Balaban J connectivity index is 1.97. The summed E-state index contributed by atoms with van der Waals surface area (Å²) < 4.78 is 44.3. The van der Waals surface area contributed by atoms with E-state index in [0.29, 0.717) is 37.2 Å². The van der Waals surface area contributed by atoms with E-state index in [4.69, 9.17) is 4.74 Å². The number of alkyl halides is 3. The molecule has 21 heavy (non-hydrogen) atoms. The van der Waals surface area contributed by atoms with E-state index in [2.05, 4.69) is 5.32 Å². The number of ether oxygens (including phenoxy) is 1. The fraction of sp³-hybridized carbons (Fsp3) is 0.600. The van der Waals surface area contributed by atoms with E-state index in [1.54, 1.807) is 13.0 Å². The summed E-state index contributed by atoms with van der Waals surface area (Å²) in [6.07, 6.45) is -3.67. The van der Waals surface area contributed by atoms with Crippen molar-refractivity contribution in [2.75, 3.05) is 13.2 Å². The largest absolute Gasteiger partial charge is 0.416 e. The molecule has 2 fully saturated rings. The monoisotopic (exact) mass is 301 g/mol. The molecule has 0 aliphatic carbocycles. The maximum atomic E-state index is 13.0. The summed E-state index contributed by atoms with van der Waals surface area (Å²) in [6, 6.07) is 3.80. The fourth-order valence-corrected chi connectivity index (χ4v) is 3.37. The van der Waals surface area contributed by atoms with Crippen LogP contribution in [0.25, 0.3) is 0 Å². The van der Waals surface area contributed by atoms with Gasteiger partial charge in [-0.05, 0) is 37.5 Å². The van der Waals surface area contributed by atoms with Gasteiger partial charge in [-0.1, -0.05) is 11.6 Å². The van der Waals surface area contributed by atoms with E-state index in [1.165, 1.54) is 0 Å². The molecule has 1 aromatic rings. The van der Waals surface area contributed by atoms with Crippen LogP contribution in [-0.4, -0.2) is 30.4 Å². The van der Waals surface area contributed by atoms with Gasteiger partial charge in [0.05, 0.1) is 24.4 Å². The molecule has 3 rings (SSSR count). The molecule has 0 radical (unpaired) electrons. The van der Waals surface area contributed by atoms with Crippen molar-refractivity contribution in [3.8, 4) is 0 Å². The highest BCUT2D eigenvalue weighted by molar-refractivity contribution is 5.35. The van der Waals surface area contributed by atoms with Gasteiger partial charge in [-0.3, -0.25) is 0 Å². The van der Waals surface area contributed by atoms with Gasteiger partial charge in [0.2, 0.25) is 0 Å². The first-order chi connectivity index (χ1) is 9.76. The lowest BCUT2D eigenvalue weighted by molar-refractivity contribution is -0.138. The molecule has 116 valence electrons. The zero-order valence-corrected chi connectivity index (χ0v) is 11.7. The van der Waals surface area contributed by atoms with Gasteiger partial charge in [0.25, 0.3) is 0 Å². The number of morpholine rings is 1. The number of hydrogen-bond acceptors (Lipinski definition) is 3. The Kier molecular flexibility index (Phi) is 3.50. The zero-order valence-electron chi connectivity index (χ0n) is 11.7. The first-order valence-corrected chi connectivity index (χ1v) is 7.02. The smallest absolute Gasteiger partial charge is 0.385 e. The minimum atomic E-state index is -4.40. The van der Waals surface area contributed by atoms with Crippen molar-refractivity contribution in [2.24, 2.45) is 0 Å². The molecule has 2 saturated heterocycles. The van der Waals surface area contributed by atoms with Gasteiger partial charge >= 0.3 is 6.18 Å². The summed E-state index contributed by atoms with van der Waals surface area (Å²) >= 11 is 0. The van der Waals surface area contributed by atoms with E-state index in [9.17, 15) is 18.3 Å².